The second-order valence-electron chi connectivity index (χ2n) is 4.63. The van der Waals surface area contributed by atoms with Gasteiger partial charge in [0.15, 0.2) is 0 Å². The van der Waals surface area contributed by atoms with Crippen molar-refractivity contribution in [1.82, 2.24) is 19.7 Å². The van der Waals surface area contributed by atoms with Crippen LogP contribution < -0.4 is 5.32 Å². The number of aryl methyl sites for hydroxylation is 2. The molecule has 2 heterocycles. The van der Waals surface area contributed by atoms with Gasteiger partial charge in [-0.25, -0.2) is 0 Å². The van der Waals surface area contributed by atoms with Gasteiger partial charge in [0.05, 0.1) is 6.54 Å². The molecule has 1 N–H and O–H groups in total. The third-order valence-corrected chi connectivity index (χ3v) is 3.12. The van der Waals surface area contributed by atoms with Crippen LogP contribution >= 0.6 is 0 Å². The third-order valence-electron chi connectivity index (χ3n) is 3.12. The summed E-state index contributed by atoms with van der Waals surface area (Å²) in [7, 11) is 0. The molecule has 4 nitrogen and oxygen atoms in total. The predicted molar refractivity (Wildman–Crippen MR) is 73.4 cm³/mol. The van der Waals surface area contributed by atoms with Crippen molar-refractivity contribution >= 4 is 0 Å². The highest BCUT2D eigenvalue weighted by molar-refractivity contribution is 5.14. The SMILES string of the molecule is CCCNC(C)c1ccn(CCn2cccn2)c1. The van der Waals surface area contributed by atoms with E-state index < -0.39 is 0 Å². The summed E-state index contributed by atoms with van der Waals surface area (Å²) in [4.78, 5) is 0. The lowest BCUT2D eigenvalue weighted by Gasteiger charge is -2.11. The molecule has 0 fully saturated rings. The molecule has 0 radical (unpaired) electrons. The highest BCUT2D eigenvalue weighted by Crippen LogP contribution is 2.12. The summed E-state index contributed by atoms with van der Waals surface area (Å²) in [6.07, 6.45) is 9.35. The molecule has 4 heteroatoms. The molecule has 0 aliphatic carbocycles. The molecule has 18 heavy (non-hydrogen) atoms. The summed E-state index contributed by atoms with van der Waals surface area (Å²) >= 11 is 0. The van der Waals surface area contributed by atoms with Gasteiger partial charge < -0.3 is 9.88 Å². The first-order valence-electron chi connectivity index (χ1n) is 6.66. The maximum Gasteiger partial charge on any atom is 0.0588 e. The Morgan fingerprint density at radius 3 is 2.94 bits per heavy atom. The Hall–Kier alpha value is -1.55. The lowest BCUT2D eigenvalue weighted by atomic mass is 10.2. The minimum atomic E-state index is 0.427. The van der Waals surface area contributed by atoms with E-state index in [-0.39, 0.29) is 0 Å². The Morgan fingerprint density at radius 2 is 2.22 bits per heavy atom. The van der Waals surface area contributed by atoms with Crippen molar-refractivity contribution in [2.75, 3.05) is 6.54 Å². The van der Waals surface area contributed by atoms with Gasteiger partial charge in [-0.1, -0.05) is 6.92 Å². The molecule has 0 aliphatic heterocycles. The van der Waals surface area contributed by atoms with Crippen LogP contribution in [0.25, 0.3) is 0 Å². The lowest BCUT2D eigenvalue weighted by Crippen LogP contribution is -2.18. The van der Waals surface area contributed by atoms with Gasteiger partial charge in [-0.3, -0.25) is 4.68 Å². The number of nitrogens with one attached hydrogen (secondary N) is 1. The standard InChI is InChI=1S/C14H22N4/c1-3-6-15-13(2)14-5-9-17(12-14)10-11-18-8-4-7-16-18/h4-5,7-9,12-13,15H,3,6,10-11H2,1-2H3. The van der Waals surface area contributed by atoms with Crippen molar-refractivity contribution in [1.29, 1.82) is 0 Å². The van der Waals surface area contributed by atoms with Gasteiger partial charge in [0.25, 0.3) is 0 Å². The normalized spacial score (nSPS) is 12.8. The molecule has 1 atom stereocenters. The van der Waals surface area contributed by atoms with Crippen LogP contribution in [0.1, 0.15) is 31.9 Å². The first-order valence-corrected chi connectivity index (χ1v) is 6.66. The van der Waals surface area contributed by atoms with Crippen molar-refractivity contribution in [3.63, 3.8) is 0 Å². The van der Waals surface area contributed by atoms with Gasteiger partial charge in [0, 0.05) is 37.4 Å². The summed E-state index contributed by atoms with van der Waals surface area (Å²) in [5.74, 6) is 0. The van der Waals surface area contributed by atoms with Gasteiger partial charge >= 0.3 is 0 Å². The van der Waals surface area contributed by atoms with Crippen LogP contribution in [0.2, 0.25) is 0 Å². The molecule has 1 unspecified atom stereocenters. The monoisotopic (exact) mass is 246 g/mol. The first-order chi connectivity index (χ1) is 8.79. The molecule has 0 bridgehead atoms. The molecule has 2 aromatic rings. The minimum absolute atomic E-state index is 0.427. The van der Waals surface area contributed by atoms with Gasteiger partial charge in [-0.05, 0) is 37.6 Å². The fourth-order valence-corrected chi connectivity index (χ4v) is 1.98. The van der Waals surface area contributed by atoms with Crippen LogP contribution in [0.15, 0.2) is 36.9 Å². The molecule has 98 valence electrons. The highest BCUT2D eigenvalue weighted by Gasteiger charge is 2.05. The Morgan fingerprint density at radius 1 is 1.33 bits per heavy atom. The van der Waals surface area contributed by atoms with Gasteiger partial charge in [-0.15, -0.1) is 0 Å². The quantitative estimate of drug-likeness (QED) is 0.814. The van der Waals surface area contributed by atoms with Crippen molar-refractivity contribution in [2.45, 2.75) is 39.4 Å². The molecule has 0 saturated carbocycles. The van der Waals surface area contributed by atoms with Crippen molar-refractivity contribution in [2.24, 2.45) is 0 Å². The smallest absolute Gasteiger partial charge is 0.0588 e. The molecule has 0 amide bonds. The number of hydrogen-bond acceptors (Lipinski definition) is 2. The highest BCUT2D eigenvalue weighted by atomic mass is 15.3. The van der Waals surface area contributed by atoms with E-state index in [0.717, 1.165) is 19.6 Å². The van der Waals surface area contributed by atoms with Crippen LogP contribution in [0.5, 0.6) is 0 Å². The number of nitrogens with zero attached hydrogens (tertiary/aromatic N) is 3. The largest absolute Gasteiger partial charge is 0.352 e. The van der Waals surface area contributed by atoms with Crippen LogP contribution in [-0.2, 0) is 13.1 Å². The molecular weight excluding hydrogens is 224 g/mol. The molecule has 0 aliphatic rings. The third kappa shape index (κ3) is 3.47. The Kier molecular flexibility index (Phi) is 4.59. The number of aromatic nitrogens is 3. The number of hydrogen-bond donors (Lipinski definition) is 1. The summed E-state index contributed by atoms with van der Waals surface area (Å²) in [6.45, 7) is 7.34. The van der Waals surface area contributed by atoms with Gasteiger partial charge in [0.1, 0.15) is 0 Å². The Balaban J connectivity index is 1.85. The van der Waals surface area contributed by atoms with Crippen LogP contribution in [0.3, 0.4) is 0 Å². The summed E-state index contributed by atoms with van der Waals surface area (Å²) in [6, 6.07) is 4.57. The van der Waals surface area contributed by atoms with E-state index in [1.54, 1.807) is 0 Å². The fraction of sp³-hybridized carbons (Fsp3) is 0.500. The molecule has 2 rings (SSSR count). The van der Waals surface area contributed by atoms with Gasteiger partial charge in [-0.2, -0.15) is 5.10 Å². The van der Waals surface area contributed by atoms with E-state index in [1.165, 1.54) is 12.0 Å². The summed E-state index contributed by atoms with van der Waals surface area (Å²) in [5.41, 5.74) is 1.35. The maximum atomic E-state index is 4.20. The van der Waals surface area contributed by atoms with Crippen molar-refractivity contribution in [3.05, 3.63) is 42.5 Å². The van der Waals surface area contributed by atoms with Crippen LogP contribution in [0, 0.1) is 0 Å². The molecule has 2 aromatic heterocycles. The van der Waals surface area contributed by atoms with Crippen LogP contribution in [0.4, 0.5) is 0 Å². The summed E-state index contributed by atoms with van der Waals surface area (Å²) < 4.78 is 4.18. The maximum absolute atomic E-state index is 4.20. The summed E-state index contributed by atoms with van der Waals surface area (Å²) in [5, 5.41) is 7.71. The average molecular weight is 246 g/mol. The molecular formula is C14H22N4. The second kappa shape index (κ2) is 6.40. The fourth-order valence-electron chi connectivity index (χ4n) is 1.98. The van der Waals surface area contributed by atoms with E-state index in [9.17, 15) is 0 Å². The van der Waals surface area contributed by atoms with Gasteiger partial charge in [0.2, 0.25) is 0 Å². The van der Waals surface area contributed by atoms with E-state index in [4.69, 9.17) is 0 Å². The van der Waals surface area contributed by atoms with E-state index in [2.05, 4.69) is 47.3 Å². The number of rotatable bonds is 7. The zero-order valence-corrected chi connectivity index (χ0v) is 11.2. The predicted octanol–water partition coefficient (Wildman–Crippen LogP) is 2.45. The lowest BCUT2D eigenvalue weighted by molar-refractivity contribution is 0.530. The topological polar surface area (TPSA) is 34.8 Å². The van der Waals surface area contributed by atoms with Crippen molar-refractivity contribution in [3.8, 4) is 0 Å². The molecule has 0 aromatic carbocycles. The zero-order chi connectivity index (χ0) is 12.8. The van der Waals surface area contributed by atoms with E-state index in [1.807, 2.05) is 23.1 Å². The average Bonchev–Trinajstić information content (AvgIpc) is 3.04. The van der Waals surface area contributed by atoms with E-state index in [0.29, 0.717) is 6.04 Å². The zero-order valence-electron chi connectivity index (χ0n) is 11.2. The molecule has 0 spiro atoms. The first kappa shape index (κ1) is 12.9. The van der Waals surface area contributed by atoms with E-state index >= 15 is 0 Å². The minimum Gasteiger partial charge on any atom is -0.352 e. The molecule has 0 saturated heterocycles. The second-order valence-corrected chi connectivity index (χ2v) is 4.63. The Bertz CT molecular complexity index is 444. The van der Waals surface area contributed by atoms with Crippen molar-refractivity contribution < 1.29 is 0 Å². The van der Waals surface area contributed by atoms with Crippen LogP contribution in [-0.4, -0.2) is 20.9 Å². The Labute approximate surface area is 109 Å².